The smallest absolute Gasteiger partial charge is 0.271 e. The van der Waals surface area contributed by atoms with Gasteiger partial charge in [-0.15, -0.1) is 0 Å². The van der Waals surface area contributed by atoms with Crippen LogP contribution >= 0.6 is 27.3 Å². The Morgan fingerprint density at radius 2 is 1.68 bits per heavy atom. The number of ether oxygens (including phenoxy) is 3. The van der Waals surface area contributed by atoms with E-state index in [0.29, 0.717) is 54.6 Å². The van der Waals surface area contributed by atoms with Gasteiger partial charge < -0.3 is 19.5 Å². The summed E-state index contributed by atoms with van der Waals surface area (Å²) in [6, 6.07) is 34.0. The number of thiazole rings is 1. The number of para-hydroxylation sites is 1. The van der Waals surface area contributed by atoms with Crippen LogP contribution in [0.1, 0.15) is 29.7 Å². The Balaban J connectivity index is 1.26. The number of fused-ring (bicyclic) bond motifs is 2. The van der Waals surface area contributed by atoms with Crippen molar-refractivity contribution < 1.29 is 19.0 Å². The highest BCUT2D eigenvalue weighted by atomic mass is 79.9. The number of amides is 1. The fourth-order valence-corrected chi connectivity index (χ4v) is 7.74. The van der Waals surface area contributed by atoms with E-state index in [4.69, 9.17) is 19.2 Å². The van der Waals surface area contributed by atoms with Crippen LogP contribution in [0.2, 0.25) is 0 Å². The maximum Gasteiger partial charge on any atom is 0.271 e. The fourth-order valence-electron chi connectivity index (χ4n) is 6.12. The van der Waals surface area contributed by atoms with E-state index in [1.165, 1.54) is 11.3 Å². The van der Waals surface area contributed by atoms with Crippen molar-refractivity contribution in [3.8, 4) is 17.2 Å². The number of hydrogen-bond donors (Lipinski definition) is 1. The molecule has 1 aliphatic rings. The lowest BCUT2D eigenvalue weighted by molar-refractivity contribution is -0.113. The lowest BCUT2D eigenvalue weighted by atomic mass is 9.95. The molecule has 0 radical (unpaired) electrons. The van der Waals surface area contributed by atoms with E-state index in [9.17, 15) is 9.59 Å². The molecular formula is C40H32BrN3O5S. The van der Waals surface area contributed by atoms with Crippen LogP contribution in [-0.4, -0.2) is 24.7 Å². The van der Waals surface area contributed by atoms with Gasteiger partial charge in [0.2, 0.25) is 0 Å². The number of hydrogen-bond acceptors (Lipinski definition) is 7. The van der Waals surface area contributed by atoms with E-state index in [1.807, 2.05) is 84.9 Å². The Morgan fingerprint density at radius 1 is 0.940 bits per heavy atom. The Hall–Kier alpha value is -5.45. The molecule has 5 aromatic carbocycles. The monoisotopic (exact) mass is 745 g/mol. The quantitative estimate of drug-likeness (QED) is 0.167. The summed E-state index contributed by atoms with van der Waals surface area (Å²) in [5.41, 5.74) is 3.84. The summed E-state index contributed by atoms with van der Waals surface area (Å²) < 4.78 is 20.2. The Bertz CT molecular complexity index is 2450. The summed E-state index contributed by atoms with van der Waals surface area (Å²) in [6.07, 6.45) is 1.81. The topological polar surface area (TPSA) is 91.2 Å². The van der Waals surface area contributed by atoms with Crippen LogP contribution in [0.25, 0.3) is 16.8 Å². The maximum atomic E-state index is 14.3. The second-order valence-corrected chi connectivity index (χ2v) is 13.5. The van der Waals surface area contributed by atoms with Crippen molar-refractivity contribution in [1.29, 1.82) is 0 Å². The van der Waals surface area contributed by atoms with Crippen LogP contribution in [-0.2, 0) is 11.4 Å². The van der Waals surface area contributed by atoms with Gasteiger partial charge in [0.1, 0.15) is 12.4 Å². The fraction of sp³-hybridized carbons (Fsp3) is 0.125. The first-order valence-electron chi connectivity index (χ1n) is 15.8. The third-order valence-electron chi connectivity index (χ3n) is 8.53. The minimum atomic E-state index is -0.714. The van der Waals surface area contributed by atoms with Gasteiger partial charge >= 0.3 is 0 Å². The molecule has 10 heteroatoms. The molecule has 7 rings (SSSR count). The van der Waals surface area contributed by atoms with Gasteiger partial charge in [0.25, 0.3) is 11.5 Å². The summed E-state index contributed by atoms with van der Waals surface area (Å²) in [4.78, 5) is 33.4. The molecule has 2 heterocycles. The van der Waals surface area contributed by atoms with Crippen molar-refractivity contribution in [3.63, 3.8) is 0 Å². The molecule has 8 nitrogen and oxygen atoms in total. The molecule has 250 valence electrons. The highest BCUT2D eigenvalue weighted by Gasteiger charge is 2.32. The molecule has 0 unspecified atom stereocenters. The Kier molecular flexibility index (Phi) is 9.38. The van der Waals surface area contributed by atoms with Gasteiger partial charge in [-0.3, -0.25) is 14.2 Å². The van der Waals surface area contributed by atoms with Gasteiger partial charge in [0.05, 0.1) is 40.5 Å². The molecule has 1 amide bonds. The molecule has 6 aromatic rings. The third kappa shape index (κ3) is 6.47. The predicted octanol–water partition coefficient (Wildman–Crippen LogP) is 7.39. The average Bonchev–Trinajstić information content (AvgIpc) is 3.44. The second-order valence-electron chi connectivity index (χ2n) is 11.6. The van der Waals surface area contributed by atoms with Crippen molar-refractivity contribution in [3.05, 3.63) is 161 Å². The minimum absolute atomic E-state index is 0.265. The first-order valence-corrected chi connectivity index (χ1v) is 17.5. The lowest BCUT2D eigenvalue weighted by Crippen LogP contribution is -2.40. The molecule has 50 heavy (non-hydrogen) atoms. The van der Waals surface area contributed by atoms with Gasteiger partial charge in [-0.2, -0.15) is 0 Å². The molecule has 0 saturated heterocycles. The summed E-state index contributed by atoms with van der Waals surface area (Å²) in [5, 5.41) is 5.25. The summed E-state index contributed by atoms with van der Waals surface area (Å²) in [7, 11) is 3.18. The van der Waals surface area contributed by atoms with Crippen LogP contribution in [0, 0.1) is 0 Å². The number of halogens is 1. The SMILES string of the molecule is COc1ccc([C@H]2C(C(=O)Nc3ccccc3)=C(C)N=c3s/c(=C/c4cc(Br)c(OCc5cccc6ccccc56)c(OC)c4)c(=O)n32)cc1. The van der Waals surface area contributed by atoms with Crippen molar-refractivity contribution in [1.82, 2.24) is 4.57 Å². The van der Waals surface area contributed by atoms with Crippen LogP contribution in [0.4, 0.5) is 5.69 Å². The zero-order chi connectivity index (χ0) is 34.8. The summed E-state index contributed by atoms with van der Waals surface area (Å²) in [6.45, 7) is 2.14. The average molecular weight is 747 g/mol. The van der Waals surface area contributed by atoms with Crippen LogP contribution < -0.4 is 34.4 Å². The lowest BCUT2D eigenvalue weighted by Gasteiger charge is -2.25. The van der Waals surface area contributed by atoms with Gasteiger partial charge in [0.15, 0.2) is 16.3 Å². The van der Waals surface area contributed by atoms with Crippen LogP contribution in [0.5, 0.6) is 17.2 Å². The Morgan fingerprint density at radius 3 is 2.44 bits per heavy atom. The number of nitrogens with one attached hydrogen (secondary N) is 1. The molecule has 1 aromatic heterocycles. The number of carbonyl (C=O) groups is 1. The van der Waals surface area contributed by atoms with E-state index in [-0.39, 0.29) is 11.5 Å². The van der Waals surface area contributed by atoms with E-state index in [2.05, 4.69) is 45.5 Å². The number of benzene rings is 5. The Labute approximate surface area is 300 Å². The summed E-state index contributed by atoms with van der Waals surface area (Å²) in [5.74, 6) is 1.41. The summed E-state index contributed by atoms with van der Waals surface area (Å²) >= 11 is 4.94. The van der Waals surface area contributed by atoms with Crippen molar-refractivity contribution in [2.45, 2.75) is 19.6 Å². The third-order valence-corrected chi connectivity index (χ3v) is 10.1. The van der Waals surface area contributed by atoms with Crippen molar-refractivity contribution >= 4 is 55.7 Å². The van der Waals surface area contributed by atoms with Gasteiger partial charge in [0, 0.05) is 5.69 Å². The molecular weight excluding hydrogens is 714 g/mol. The van der Waals surface area contributed by atoms with E-state index < -0.39 is 6.04 Å². The number of rotatable bonds is 9. The number of carbonyl (C=O) groups excluding carboxylic acids is 1. The zero-order valence-electron chi connectivity index (χ0n) is 27.5. The number of aromatic nitrogens is 1. The number of nitrogens with zero attached hydrogens (tertiary/aromatic N) is 2. The van der Waals surface area contributed by atoms with Crippen LogP contribution in [0.3, 0.4) is 0 Å². The highest BCUT2D eigenvalue weighted by Crippen LogP contribution is 2.38. The molecule has 0 saturated carbocycles. The zero-order valence-corrected chi connectivity index (χ0v) is 29.9. The molecule has 1 N–H and O–H groups in total. The standard InChI is InChI=1S/C40H32BrN3O5S/c1-24-35(38(45)43-29-13-5-4-6-14-29)36(27-16-18-30(47-2)19-17-27)44-39(46)34(50-40(44)42-24)22-25-20-32(41)37(33(21-25)48-3)49-23-28-12-9-11-26-10-7-8-15-31(26)28/h4-22,36H,23H2,1-3H3,(H,43,45)/b34-22+/t36-/m0/s1. The first-order chi connectivity index (χ1) is 24.3. The molecule has 1 atom stereocenters. The van der Waals surface area contributed by atoms with E-state index >= 15 is 0 Å². The number of allylic oxidation sites excluding steroid dienone is 1. The van der Waals surface area contributed by atoms with Gasteiger partial charge in [-0.25, -0.2) is 4.99 Å². The van der Waals surface area contributed by atoms with Crippen molar-refractivity contribution in [2.75, 3.05) is 19.5 Å². The van der Waals surface area contributed by atoms with Gasteiger partial charge in [-0.05, 0) is 92.8 Å². The van der Waals surface area contributed by atoms with E-state index in [1.54, 1.807) is 31.8 Å². The molecule has 0 fully saturated rings. The number of methoxy groups -OCH3 is 2. The highest BCUT2D eigenvalue weighted by molar-refractivity contribution is 9.10. The predicted molar refractivity (Wildman–Crippen MR) is 201 cm³/mol. The van der Waals surface area contributed by atoms with E-state index in [0.717, 1.165) is 27.5 Å². The molecule has 0 aliphatic carbocycles. The first kappa shape index (κ1) is 33.1. The normalized spacial score (nSPS) is 14.2. The van der Waals surface area contributed by atoms with Crippen LogP contribution in [0.15, 0.2) is 135 Å². The number of anilines is 1. The maximum absolute atomic E-state index is 14.3. The second kappa shape index (κ2) is 14.2. The molecule has 0 spiro atoms. The molecule has 1 aliphatic heterocycles. The van der Waals surface area contributed by atoms with Gasteiger partial charge in [-0.1, -0.05) is 84.1 Å². The minimum Gasteiger partial charge on any atom is -0.497 e. The largest absolute Gasteiger partial charge is 0.497 e. The van der Waals surface area contributed by atoms with Crippen molar-refractivity contribution in [2.24, 2.45) is 4.99 Å². The molecule has 0 bridgehead atoms.